The van der Waals surface area contributed by atoms with Crippen LogP contribution in [0.1, 0.15) is 35.2 Å². The topological polar surface area (TPSA) is 60.2 Å². The quantitative estimate of drug-likeness (QED) is 0.714. The molecule has 0 N–H and O–H groups in total. The summed E-state index contributed by atoms with van der Waals surface area (Å²) in [5.41, 5.74) is 3.45. The van der Waals surface area contributed by atoms with E-state index < -0.39 is 0 Å². The molecule has 0 fully saturated rings. The number of anilines is 1. The Morgan fingerprint density at radius 2 is 1.78 bits per heavy atom. The number of carbonyl (C=O) groups is 1. The number of aryl methyl sites for hydroxylation is 1. The molecular formula is C21H22N4O2. The maximum absolute atomic E-state index is 12.9. The third-order valence-electron chi connectivity index (χ3n) is 5.01. The van der Waals surface area contributed by atoms with Crippen molar-refractivity contribution < 1.29 is 9.53 Å². The van der Waals surface area contributed by atoms with Crippen molar-refractivity contribution in [2.24, 2.45) is 0 Å². The van der Waals surface area contributed by atoms with Crippen molar-refractivity contribution in [3.8, 4) is 0 Å². The molecule has 0 bridgehead atoms. The van der Waals surface area contributed by atoms with E-state index in [4.69, 9.17) is 4.74 Å². The average Bonchev–Trinajstić information content (AvgIpc) is 3.18. The molecule has 2 heterocycles. The van der Waals surface area contributed by atoms with Gasteiger partial charge in [-0.25, -0.2) is 4.68 Å². The lowest BCUT2D eigenvalue weighted by atomic mass is 9.91. The molecule has 27 heavy (non-hydrogen) atoms. The largest absolute Gasteiger partial charge is 0.375 e. The Hall–Kier alpha value is -2.99. The summed E-state index contributed by atoms with van der Waals surface area (Å²) in [7, 11) is 1.53. The van der Waals surface area contributed by atoms with E-state index in [1.165, 1.54) is 19.0 Å². The lowest BCUT2D eigenvalue weighted by Crippen LogP contribution is -2.44. The number of ether oxygens (including phenoxy) is 1. The highest BCUT2D eigenvalue weighted by atomic mass is 16.5. The van der Waals surface area contributed by atoms with Crippen LogP contribution in [0, 0.1) is 6.92 Å². The normalized spacial score (nSPS) is 19.0. The first kappa shape index (κ1) is 17.4. The minimum absolute atomic E-state index is 0.00535. The van der Waals surface area contributed by atoms with Crippen LogP contribution in [0.2, 0.25) is 0 Å². The molecule has 1 aliphatic heterocycles. The van der Waals surface area contributed by atoms with E-state index in [1.807, 2.05) is 22.9 Å². The smallest absolute Gasteiger partial charge is 0.255 e. The Kier molecular flexibility index (Phi) is 4.73. The van der Waals surface area contributed by atoms with Gasteiger partial charge in [0.2, 0.25) is 5.95 Å². The number of carbonyl (C=O) groups excluding carboxylic acids is 1. The van der Waals surface area contributed by atoms with Crippen molar-refractivity contribution in [1.82, 2.24) is 14.8 Å². The number of nitrogens with zero attached hydrogens (tertiary/aromatic N) is 4. The van der Waals surface area contributed by atoms with Gasteiger partial charge >= 0.3 is 0 Å². The monoisotopic (exact) mass is 362 g/mol. The molecule has 138 valence electrons. The molecule has 1 amide bonds. The first-order chi connectivity index (χ1) is 13.2. The van der Waals surface area contributed by atoms with Crippen LogP contribution in [0.4, 0.5) is 5.95 Å². The van der Waals surface area contributed by atoms with Gasteiger partial charge < -0.3 is 4.74 Å². The Labute approximate surface area is 158 Å². The van der Waals surface area contributed by atoms with Crippen LogP contribution in [0.3, 0.4) is 0 Å². The number of methoxy groups -OCH3 is 1. The molecule has 6 nitrogen and oxygen atoms in total. The van der Waals surface area contributed by atoms with E-state index in [0.717, 1.165) is 17.5 Å². The number of aromatic nitrogens is 3. The molecule has 0 unspecified atom stereocenters. The predicted molar refractivity (Wildman–Crippen MR) is 103 cm³/mol. The molecule has 2 atom stereocenters. The maximum Gasteiger partial charge on any atom is 0.255 e. The Morgan fingerprint density at radius 3 is 2.48 bits per heavy atom. The van der Waals surface area contributed by atoms with Crippen molar-refractivity contribution in [1.29, 1.82) is 0 Å². The fourth-order valence-corrected chi connectivity index (χ4v) is 3.70. The van der Waals surface area contributed by atoms with Crippen LogP contribution < -0.4 is 4.90 Å². The van der Waals surface area contributed by atoms with Gasteiger partial charge in [0.15, 0.2) is 0 Å². The lowest BCUT2D eigenvalue weighted by molar-refractivity contribution is -0.123. The minimum atomic E-state index is -0.128. The van der Waals surface area contributed by atoms with E-state index in [2.05, 4.69) is 53.4 Å². The van der Waals surface area contributed by atoms with Crippen LogP contribution in [-0.4, -0.2) is 34.4 Å². The molecule has 0 spiro atoms. The molecule has 6 heteroatoms. The fraction of sp³-hybridized carbons (Fsp3) is 0.286. The second-order valence-electron chi connectivity index (χ2n) is 6.79. The third-order valence-corrected chi connectivity index (χ3v) is 5.01. The first-order valence-corrected chi connectivity index (χ1v) is 9.01. The molecule has 2 aromatic carbocycles. The van der Waals surface area contributed by atoms with Gasteiger partial charge in [-0.15, -0.1) is 0 Å². The Balaban J connectivity index is 1.82. The Morgan fingerprint density at radius 1 is 1.07 bits per heavy atom. The summed E-state index contributed by atoms with van der Waals surface area (Å²) in [6.45, 7) is 2.08. The summed E-state index contributed by atoms with van der Waals surface area (Å²) in [4.78, 5) is 19.0. The summed E-state index contributed by atoms with van der Waals surface area (Å²) in [6, 6.07) is 18.4. The van der Waals surface area contributed by atoms with Gasteiger partial charge in [0.1, 0.15) is 12.9 Å². The molecule has 1 aliphatic rings. The fourth-order valence-electron chi connectivity index (χ4n) is 3.70. The molecular weight excluding hydrogens is 340 g/mol. The van der Waals surface area contributed by atoms with Gasteiger partial charge in [-0.1, -0.05) is 60.2 Å². The zero-order valence-electron chi connectivity index (χ0n) is 15.4. The lowest BCUT2D eigenvalue weighted by Gasteiger charge is -2.39. The van der Waals surface area contributed by atoms with Crippen molar-refractivity contribution in [3.05, 3.63) is 77.6 Å². The van der Waals surface area contributed by atoms with Crippen molar-refractivity contribution in [2.45, 2.75) is 25.4 Å². The van der Waals surface area contributed by atoms with E-state index in [9.17, 15) is 4.79 Å². The number of benzene rings is 2. The number of fused-ring (bicyclic) bond motifs is 1. The number of amides is 1. The zero-order valence-corrected chi connectivity index (χ0v) is 15.4. The van der Waals surface area contributed by atoms with E-state index in [1.54, 1.807) is 4.90 Å². The predicted octanol–water partition coefficient (Wildman–Crippen LogP) is 3.30. The summed E-state index contributed by atoms with van der Waals surface area (Å²) < 4.78 is 6.95. The van der Waals surface area contributed by atoms with Gasteiger partial charge in [-0.05, 0) is 24.5 Å². The first-order valence-electron chi connectivity index (χ1n) is 9.01. The molecule has 0 radical (unpaired) electrons. The average molecular weight is 362 g/mol. The maximum atomic E-state index is 12.9. The van der Waals surface area contributed by atoms with Crippen molar-refractivity contribution in [3.63, 3.8) is 0 Å². The summed E-state index contributed by atoms with van der Waals surface area (Å²) in [5.74, 6) is 0.436. The van der Waals surface area contributed by atoms with Crippen LogP contribution in [-0.2, 0) is 9.53 Å². The second-order valence-corrected chi connectivity index (χ2v) is 6.79. The second kappa shape index (κ2) is 7.32. The SMILES string of the molecule is COCC(=O)N1c2ncnn2[C@@H](c2ccc(C)cc2)C[C@@H]1c1ccccc1. The van der Waals surface area contributed by atoms with Crippen LogP contribution in [0.25, 0.3) is 0 Å². The molecule has 0 aliphatic carbocycles. The van der Waals surface area contributed by atoms with Gasteiger partial charge in [0.25, 0.3) is 5.91 Å². The van der Waals surface area contributed by atoms with Crippen LogP contribution in [0.15, 0.2) is 60.9 Å². The highest BCUT2D eigenvalue weighted by Gasteiger charge is 2.39. The van der Waals surface area contributed by atoms with Crippen LogP contribution >= 0.6 is 0 Å². The summed E-state index contributed by atoms with van der Waals surface area (Å²) >= 11 is 0. The molecule has 3 aromatic rings. The summed E-state index contributed by atoms with van der Waals surface area (Å²) in [5, 5.41) is 4.43. The van der Waals surface area contributed by atoms with Gasteiger partial charge in [0.05, 0.1) is 12.1 Å². The molecule has 1 aromatic heterocycles. The third kappa shape index (κ3) is 3.24. The standard InChI is InChI=1S/C21H22N4O2/c1-15-8-10-17(11-9-15)19-12-18(16-6-4-3-5-7-16)24(20(26)13-27-2)21-22-14-23-25(19)21/h3-11,14,18-19H,12-13H2,1-2H3/t18-,19-/m1/s1. The molecule has 0 saturated carbocycles. The molecule has 0 saturated heterocycles. The van der Waals surface area contributed by atoms with Gasteiger partial charge in [-0.3, -0.25) is 9.69 Å². The van der Waals surface area contributed by atoms with E-state index in [-0.39, 0.29) is 24.6 Å². The van der Waals surface area contributed by atoms with Gasteiger partial charge in [0, 0.05) is 7.11 Å². The highest BCUT2D eigenvalue weighted by molar-refractivity contribution is 5.93. The number of hydrogen-bond acceptors (Lipinski definition) is 4. The van der Waals surface area contributed by atoms with Crippen molar-refractivity contribution in [2.75, 3.05) is 18.6 Å². The van der Waals surface area contributed by atoms with E-state index >= 15 is 0 Å². The highest BCUT2D eigenvalue weighted by Crippen LogP contribution is 2.41. The molecule has 4 rings (SSSR count). The van der Waals surface area contributed by atoms with Gasteiger partial charge in [-0.2, -0.15) is 10.1 Å². The number of hydrogen-bond donors (Lipinski definition) is 0. The number of rotatable bonds is 4. The van der Waals surface area contributed by atoms with E-state index in [0.29, 0.717) is 5.95 Å². The van der Waals surface area contributed by atoms with Crippen LogP contribution in [0.5, 0.6) is 0 Å². The zero-order chi connectivity index (χ0) is 18.8. The summed E-state index contributed by atoms with van der Waals surface area (Å²) in [6.07, 6.45) is 2.23. The Bertz CT molecular complexity index is 921. The van der Waals surface area contributed by atoms with Crippen molar-refractivity contribution >= 4 is 11.9 Å². The minimum Gasteiger partial charge on any atom is -0.375 e.